The van der Waals surface area contributed by atoms with Crippen molar-refractivity contribution in [1.82, 2.24) is 15.6 Å². The number of hydrogen-bond donors (Lipinski definition) is 2. The predicted octanol–water partition coefficient (Wildman–Crippen LogP) is 3.80. The van der Waals surface area contributed by atoms with Gasteiger partial charge in [-0.25, -0.2) is 5.43 Å². The van der Waals surface area contributed by atoms with Gasteiger partial charge in [0.25, 0.3) is 5.91 Å². The third-order valence-electron chi connectivity index (χ3n) is 3.52. The highest BCUT2D eigenvalue weighted by Crippen LogP contribution is 2.20. The van der Waals surface area contributed by atoms with Crippen LogP contribution >= 0.6 is 11.6 Å². The molecule has 0 aliphatic heterocycles. The van der Waals surface area contributed by atoms with E-state index >= 15 is 0 Å². The van der Waals surface area contributed by atoms with E-state index in [0.717, 1.165) is 16.7 Å². The minimum Gasteiger partial charge on any atom is -0.272 e. The molecule has 24 heavy (non-hydrogen) atoms. The Balaban J connectivity index is 1.68. The van der Waals surface area contributed by atoms with Crippen LogP contribution in [0.25, 0.3) is 11.3 Å². The number of amides is 1. The maximum atomic E-state index is 12.1. The maximum Gasteiger partial charge on any atom is 0.289 e. The van der Waals surface area contributed by atoms with E-state index in [1.165, 1.54) is 0 Å². The molecule has 120 valence electrons. The fourth-order valence-electron chi connectivity index (χ4n) is 2.16. The Morgan fingerprint density at radius 2 is 1.96 bits per heavy atom. The van der Waals surface area contributed by atoms with Crippen LogP contribution in [0.4, 0.5) is 0 Å². The summed E-state index contributed by atoms with van der Waals surface area (Å²) in [5, 5.41) is 11.5. The van der Waals surface area contributed by atoms with Crippen LogP contribution in [0.3, 0.4) is 0 Å². The molecular weight excluding hydrogens is 324 g/mol. The zero-order chi connectivity index (χ0) is 16.9. The smallest absolute Gasteiger partial charge is 0.272 e. The molecule has 0 saturated carbocycles. The average molecular weight is 339 g/mol. The predicted molar refractivity (Wildman–Crippen MR) is 95.3 cm³/mol. The lowest BCUT2D eigenvalue weighted by Gasteiger charge is -1.99. The fraction of sp³-hybridized carbons (Fsp3) is 0.0556. The van der Waals surface area contributed by atoms with Crippen LogP contribution < -0.4 is 5.43 Å². The Labute approximate surface area is 144 Å². The van der Waals surface area contributed by atoms with E-state index in [2.05, 4.69) is 20.7 Å². The number of aryl methyl sites for hydroxylation is 1. The van der Waals surface area contributed by atoms with Gasteiger partial charge in [-0.3, -0.25) is 9.89 Å². The van der Waals surface area contributed by atoms with Gasteiger partial charge in [-0.05, 0) is 36.2 Å². The number of rotatable bonds is 4. The highest BCUT2D eigenvalue weighted by atomic mass is 35.5. The van der Waals surface area contributed by atoms with Gasteiger partial charge in [0, 0.05) is 10.6 Å². The fourth-order valence-corrected chi connectivity index (χ4v) is 2.28. The first-order chi connectivity index (χ1) is 11.6. The molecule has 0 aliphatic rings. The third kappa shape index (κ3) is 3.70. The van der Waals surface area contributed by atoms with Crippen molar-refractivity contribution in [2.24, 2.45) is 5.10 Å². The molecule has 0 saturated heterocycles. The quantitative estimate of drug-likeness (QED) is 0.561. The molecule has 0 unspecified atom stereocenters. The Morgan fingerprint density at radius 1 is 1.21 bits per heavy atom. The van der Waals surface area contributed by atoms with Crippen molar-refractivity contribution in [2.45, 2.75) is 6.92 Å². The van der Waals surface area contributed by atoms with E-state index in [0.29, 0.717) is 16.4 Å². The molecule has 6 heteroatoms. The Hall–Kier alpha value is -2.92. The first-order valence-corrected chi connectivity index (χ1v) is 7.71. The summed E-state index contributed by atoms with van der Waals surface area (Å²) >= 11 is 5.87. The van der Waals surface area contributed by atoms with Gasteiger partial charge in [-0.1, -0.05) is 48.0 Å². The molecule has 1 heterocycles. The monoisotopic (exact) mass is 338 g/mol. The summed E-state index contributed by atoms with van der Waals surface area (Å²) in [5.74, 6) is -0.354. The number of nitrogens with one attached hydrogen (secondary N) is 2. The zero-order valence-electron chi connectivity index (χ0n) is 13.0. The van der Waals surface area contributed by atoms with Crippen molar-refractivity contribution in [2.75, 3.05) is 0 Å². The Bertz CT molecular complexity index is 884. The summed E-state index contributed by atoms with van der Waals surface area (Å²) in [6, 6.07) is 16.7. The van der Waals surface area contributed by atoms with Crippen LogP contribution in [0.1, 0.15) is 21.6 Å². The van der Waals surface area contributed by atoms with Crippen LogP contribution in [0.15, 0.2) is 59.7 Å². The molecule has 1 aromatic heterocycles. The zero-order valence-corrected chi connectivity index (χ0v) is 13.7. The highest BCUT2D eigenvalue weighted by molar-refractivity contribution is 6.30. The Morgan fingerprint density at radius 3 is 2.71 bits per heavy atom. The second-order valence-electron chi connectivity index (χ2n) is 5.23. The Kier molecular flexibility index (Phi) is 4.72. The lowest BCUT2D eigenvalue weighted by molar-refractivity contribution is 0.0950. The van der Waals surface area contributed by atoms with E-state index in [4.69, 9.17) is 11.6 Å². The molecule has 1 amide bonds. The molecule has 3 aromatic rings. The highest BCUT2D eigenvalue weighted by Gasteiger charge is 2.10. The van der Waals surface area contributed by atoms with Gasteiger partial charge in [-0.15, -0.1) is 0 Å². The lowest BCUT2D eigenvalue weighted by atomic mass is 10.1. The maximum absolute atomic E-state index is 12.1. The largest absolute Gasteiger partial charge is 0.289 e. The number of halogens is 1. The summed E-state index contributed by atoms with van der Waals surface area (Å²) in [5.41, 5.74) is 6.40. The first kappa shape index (κ1) is 16.0. The SMILES string of the molecule is Cc1ccccc1C=NNC(=O)c1cc(-c2ccc(Cl)cc2)n[nH]1. The summed E-state index contributed by atoms with van der Waals surface area (Å²) in [6.07, 6.45) is 1.61. The van der Waals surface area contributed by atoms with Gasteiger partial charge >= 0.3 is 0 Å². The van der Waals surface area contributed by atoms with E-state index in [1.807, 2.05) is 43.3 Å². The topological polar surface area (TPSA) is 70.1 Å². The van der Waals surface area contributed by atoms with Crippen LogP contribution in [0.5, 0.6) is 0 Å². The number of aromatic amines is 1. The molecule has 0 bridgehead atoms. The van der Waals surface area contributed by atoms with Crippen LogP contribution in [-0.4, -0.2) is 22.3 Å². The summed E-state index contributed by atoms with van der Waals surface area (Å²) < 4.78 is 0. The standard InChI is InChI=1S/C18H15ClN4O/c1-12-4-2-3-5-14(12)11-20-23-18(24)17-10-16(21-22-17)13-6-8-15(19)9-7-13/h2-11H,1H3,(H,21,22)(H,23,24). The van der Waals surface area contributed by atoms with E-state index in [-0.39, 0.29) is 5.91 Å². The molecule has 0 fully saturated rings. The minimum absolute atomic E-state index is 0.335. The van der Waals surface area contributed by atoms with E-state index in [9.17, 15) is 4.79 Å². The van der Waals surface area contributed by atoms with E-state index < -0.39 is 0 Å². The number of carbonyl (C=O) groups is 1. The van der Waals surface area contributed by atoms with Gasteiger partial charge in [0.1, 0.15) is 5.69 Å². The van der Waals surface area contributed by atoms with Crippen molar-refractivity contribution >= 4 is 23.7 Å². The molecule has 2 aromatic carbocycles. The summed E-state index contributed by atoms with van der Waals surface area (Å²) in [7, 11) is 0. The van der Waals surface area contributed by atoms with Crippen molar-refractivity contribution in [3.8, 4) is 11.3 Å². The molecule has 2 N–H and O–H groups in total. The third-order valence-corrected chi connectivity index (χ3v) is 3.77. The molecule has 0 atom stereocenters. The molecule has 5 nitrogen and oxygen atoms in total. The van der Waals surface area contributed by atoms with Crippen molar-refractivity contribution in [3.63, 3.8) is 0 Å². The van der Waals surface area contributed by atoms with Crippen molar-refractivity contribution < 1.29 is 4.79 Å². The van der Waals surface area contributed by atoms with Crippen LogP contribution in [0.2, 0.25) is 5.02 Å². The number of nitrogens with zero attached hydrogens (tertiary/aromatic N) is 2. The number of hydrazone groups is 1. The molecule has 0 aliphatic carbocycles. The first-order valence-electron chi connectivity index (χ1n) is 7.34. The minimum atomic E-state index is -0.354. The summed E-state index contributed by atoms with van der Waals surface area (Å²) in [6.45, 7) is 1.98. The number of benzene rings is 2. The van der Waals surface area contributed by atoms with Gasteiger partial charge in [-0.2, -0.15) is 10.2 Å². The lowest BCUT2D eigenvalue weighted by Crippen LogP contribution is -2.18. The molecular formula is C18H15ClN4O. The van der Waals surface area contributed by atoms with Gasteiger partial charge < -0.3 is 0 Å². The number of aromatic nitrogens is 2. The normalized spacial score (nSPS) is 10.9. The number of hydrogen-bond acceptors (Lipinski definition) is 3. The van der Waals surface area contributed by atoms with Crippen LogP contribution in [0, 0.1) is 6.92 Å². The second-order valence-corrected chi connectivity index (χ2v) is 5.67. The van der Waals surface area contributed by atoms with Gasteiger partial charge in [0.05, 0.1) is 11.9 Å². The second kappa shape index (κ2) is 7.10. The summed E-state index contributed by atoms with van der Waals surface area (Å²) in [4.78, 5) is 12.1. The molecule has 3 rings (SSSR count). The van der Waals surface area contributed by atoms with E-state index in [1.54, 1.807) is 24.4 Å². The number of carbonyl (C=O) groups excluding carboxylic acids is 1. The van der Waals surface area contributed by atoms with Gasteiger partial charge in [0.15, 0.2) is 0 Å². The van der Waals surface area contributed by atoms with Crippen molar-refractivity contribution in [1.29, 1.82) is 0 Å². The van der Waals surface area contributed by atoms with Crippen LogP contribution in [-0.2, 0) is 0 Å². The molecule has 0 radical (unpaired) electrons. The number of H-pyrrole nitrogens is 1. The average Bonchev–Trinajstić information content (AvgIpc) is 3.07. The van der Waals surface area contributed by atoms with Crippen molar-refractivity contribution in [3.05, 3.63) is 76.4 Å². The van der Waals surface area contributed by atoms with Gasteiger partial charge in [0.2, 0.25) is 0 Å². The molecule has 0 spiro atoms.